The molecule has 0 aliphatic carbocycles. The first kappa shape index (κ1) is 22.2. The third kappa shape index (κ3) is 5.17. The molecule has 0 aromatic heterocycles. The van der Waals surface area contributed by atoms with Gasteiger partial charge in [0.15, 0.2) is 0 Å². The number of rotatable bonds is 10. The van der Waals surface area contributed by atoms with Crippen molar-refractivity contribution in [2.24, 2.45) is 5.92 Å². The Kier molecular flexibility index (Phi) is 7.81. The van der Waals surface area contributed by atoms with Crippen molar-refractivity contribution in [3.05, 3.63) is 108 Å². The van der Waals surface area contributed by atoms with Crippen LogP contribution in [0.4, 0.5) is 0 Å². The van der Waals surface area contributed by atoms with Crippen molar-refractivity contribution in [2.45, 2.75) is 25.4 Å². The molecule has 0 heterocycles. The quantitative estimate of drug-likeness (QED) is 0.490. The molecule has 3 aromatic rings. The number of hydrogen-bond acceptors (Lipinski definition) is 3. The predicted molar refractivity (Wildman–Crippen MR) is 126 cm³/mol. The highest BCUT2D eigenvalue weighted by atomic mass is 16.3. The Hall–Kier alpha value is -2.46. The maximum absolute atomic E-state index is 10.3. The van der Waals surface area contributed by atoms with Crippen LogP contribution in [-0.2, 0) is 5.54 Å². The Bertz CT molecular complexity index is 768. The van der Waals surface area contributed by atoms with Crippen LogP contribution in [0.2, 0.25) is 0 Å². The number of aliphatic hydroxyl groups is 1. The molecular formula is C27H34N2O. The SMILES string of the molecule is CC(C)CN(C)C[C@@H](CO)NC(c1ccccc1)(c1ccccc1)c1ccccc1. The van der Waals surface area contributed by atoms with Crippen LogP contribution in [0.15, 0.2) is 91.0 Å². The standard InChI is InChI=1S/C27H34N2O/c1-22(2)19-29(3)20-26(21-30)28-27(23-13-7-4-8-14-23,24-15-9-5-10-16-24)25-17-11-6-12-18-25/h4-18,22,26,28,30H,19-21H2,1-3H3/t26-/m0/s1. The van der Waals surface area contributed by atoms with E-state index in [1.807, 2.05) is 18.2 Å². The number of aliphatic hydroxyl groups excluding tert-OH is 1. The van der Waals surface area contributed by atoms with Crippen LogP contribution in [-0.4, -0.2) is 42.8 Å². The highest BCUT2D eigenvalue weighted by Gasteiger charge is 2.38. The van der Waals surface area contributed by atoms with E-state index in [4.69, 9.17) is 0 Å². The van der Waals surface area contributed by atoms with E-state index in [2.05, 4.69) is 104 Å². The minimum atomic E-state index is -0.560. The summed E-state index contributed by atoms with van der Waals surface area (Å²) in [6, 6.07) is 31.5. The third-order valence-electron chi connectivity index (χ3n) is 5.47. The van der Waals surface area contributed by atoms with E-state index in [0.29, 0.717) is 5.92 Å². The maximum Gasteiger partial charge on any atom is 0.0951 e. The van der Waals surface area contributed by atoms with Crippen LogP contribution in [0.3, 0.4) is 0 Å². The summed E-state index contributed by atoms with van der Waals surface area (Å²) in [7, 11) is 2.12. The lowest BCUT2D eigenvalue weighted by Gasteiger charge is -2.40. The van der Waals surface area contributed by atoms with Crippen molar-refractivity contribution in [3.8, 4) is 0 Å². The number of nitrogens with zero attached hydrogens (tertiary/aromatic N) is 1. The third-order valence-corrected chi connectivity index (χ3v) is 5.47. The van der Waals surface area contributed by atoms with Gasteiger partial charge < -0.3 is 10.0 Å². The van der Waals surface area contributed by atoms with E-state index in [1.165, 1.54) is 0 Å². The molecule has 3 heteroatoms. The summed E-state index contributed by atoms with van der Waals surface area (Å²) >= 11 is 0. The molecule has 0 bridgehead atoms. The van der Waals surface area contributed by atoms with Gasteiger partial charge in [-0.05, 0) is 29.7 Å². The molecule has 0 saturated heterocycles. The van der Waals surface area contributed by atoms with Crippen LogP contribution >= 0.6 is 0 Å². The van der Waals surface area contributed by atoms with E-state index in [9.17, 15) is 5.11 Å². The molecule has 1 atom stereocenters. The molecule has 0 saturated carbocycles. The van der Waals surface area contributed by atoms with Crippen LogP contribution in [0.5, 0.6) is 0 Å². The van der Waals surface area contributed by atoms with Gasteiger partial charge in [0.1, 0.15) is 0 Å². The van der Waals surface area contributed by atoms with Gasteiger partial charge in [-0.25, -0.2) is 0 Å². The van der Waals surface area contributed by atoms with Crippen LogP contribution in [0, 0.1) is 5.92 Å². The van der Waals surface area contributed by atoms with E-state index in [0.717, 1.165) is 29.8 Å². The molecule has 0 unspecified atom stereocenters. The van der Waals surface area contributed by atoms with E-state index in [-0.39, 0.29) is 12.6 Å². The second kappa shape index (κ2) is 10.5. The zero-order chi connectivity index (χ0) is 21.4. The van der Waals surface area contributed by atoms with Gasteiger partial charge in [0.25, 0.3) is 0 Å². The van der Waals surface area contributed by atoms with Gasteiger partial charge in [-0.1, -0.05) is 105 Å². The normalized spacial score (nSPS) is 13.0. The number of nitrogens with one attached hydrogen (secondary N) is 1. The zero-order valence-electron chi connectivity index (χ0n) is 18.3. The summed E-state index contributed by atoms with van der Waals surface area (Å²) in [5.41, 5.74) is 2.92. The van der Waals surface area contributed by atoms with Gasteiger partial charge in [0.05, 0.1) is 12.1 Å². The van der Waals surface area contributed by atoms with E-state index < -0.39 is 5.54 Å². The van der Waals surface area contributed by atoms with E-state index in [1.54, 1.807) is 0 Å². The van der Waals surface area contributed by atoms with Crippen molar-refractivity contribution in [1.82, 2.24) is 10.2 Å². The molecule has 0 fully saturated rings. The molecule has 3 aromatic carbocycles. The summed E-state index contributed by atoms with van der Waals surface area (Å²) in [6.45, 7) is 6.27. The van der Waals surface area contributed by atoms with Crippen molar-refractivity contribution >= 4 is 0 Å². The molecule has 0 aliphatic rings. The predicted octanol–water partition coefficient (Wildman–Crippen LogP) is 4.52. The van der Waals surface area contributed by atoms with Gasteiger partial charge in [0, 0.05) is 19.1 Å². The minimum Gasteiger partial charge on any atom is -0.395 e. The van der Waals surface area contributed by atoms with Crippen molar-refractivity contribution < 1.29 is 5.11 Å². The van der Waals surface area contributed by atoms with Crippen LogP contribution < -0.4 is 5.32 Å². The Labute approximate surface area is 181 Å². The smallest absolute Gasteiger partial charge is 0.0951 e. The molecule has 2 N–H and O–H groups in total. The first-order valence-electron chi connectivity index (χ1n) is 10.8. The molecule has 0 radical (unpaired) electrons. The Balaban J connectivity index is 2.11. The summed E-state index contributed by atoms with van der Waals surface area (Å²) in [4.78, 5) is 2.30. The van der Waals surface area contributed by atoms with Gasteiger partial charge in [-0.15, -0.1) is 0 Å². The molecule has 3 rings (SSSR count). The average molecular weight is 403 g/mol. The lowest BCUT2D eigenvalue weighted by Crippen LogP contribution is -2.54. The first-order chi connectivity index (χ1) is 14.6. The fourth-order valence-corrected chi connectivity index (χ4v) is 4.34. The van der Waals surface area contributed by atoms with Crippen LogP contribution in [0.1, 0.15) is 30.5 Å². The molecular weight excluding hydrogens is 368 g/mol. The Morgan fingerprint density at radius 3 is 1.47 bits per heavy atom. The summed E-state index contributed by atoms with van der Waals surface area (Å²) in [5.74, 6) is 0.580. The number of likely N-dealkylation sites (N-methyl/N-ethyl adjacent to an activating group) is 1. The average Bonchev–Trinajstić information content (AvgIpc) is 2.78. The molecule has 158 valence electrons. The summed E-state index contributed by atoms with van der Waals surface area (Å²) in [5, 5.41) is 14.2. The largest absolute Gasteiger partial charge is 0.395 e. The van der Waals surface area contributed by atoms with Crippen molar-refractivity contribution in [1.29, 1.82) is 0 Å². The molecule has 0 amide bonds. The summed E-state index contributed by atoms with van der Waals surface area (Å²) in [6.07, 6.45) is 0. The van der Waals surface area contributed by atoms with Gasteiger partial charge in [0.2, 0.25) is 0 Å². The molecule has 0 spiro atoms. The minimum absolute atomic E-state index is 0.0662. The van der Waals surface area contributed by atoms with Crippen molar-refractivity contribution in [2.75, 3.05) is 26.7 Å². The fourth-order valence-electron chi connectivity index (χ4n) is 4.34. The van der Waals surface area contributed by atoms with Gasteiger partial charge in [-0.2, -0.15) is 0 Å². The van der Waals surface area contributed by atoms with E-state index >= 15 is 0 Å². The molecule has 3 nitrogen and oxygen atoms in total. The molecule has 30 heavy (non-hydrogen) atoms. The zero-order valence-corrected chi connectivity index (χ0v) is 18.3. The Morgan fingerprint density at radius 1 is 0.733 bits per heavy atom. The van der Waals surface area contributed by atoms with Gasteiger partial charge in [-0.3, -0.25) is 5.32 Å². The van der Waals surface area contributed by atoms with Crippen LogP contribution in [0.25, 0.3) is 0 Å². The van der Waals surface area contributed by atoms with Crippen molar-refractivity contribution in [3.63, 3.8) is 0 Å². The Morgan fingerprint density at radius 2 is 1.13 bits per heavy atom. The monoisotopic (exact) mass is 402 g/mol. The lowest BCUT2D eigenvalue weighted by molar-refractivity contribution is 0.174. The first-order valence-corrected chi connectivity index (χ1v) is 10.8. The number of hydrogen-bond donors (Lipinski definition) is 2. The highest BCUT2D eigenvalue weighted by Crippen LogP contribution is 2.37. The highest BCUT2D eigenvalue weighted by molar-refractivity contribution is 5.49. The number of benzene rings is 3. The second-order valence-corrected chi connectivity index (χ2v) is 8.49. The maximum atomic E-state index is 10.3. The molecule has 0 aliphatic heterocycles. The lowest BCUT2D eigenvalue weighted by atomic mass is 9.76. The fraction of sp³-hybridized carbons (Fsp3) is 0.333. The second-order valence-electron chi connectivity index (χ2n) is 8.49. The topological polar surface area (TPSA) is 35.5 Å². The van der Waals surface area contributed by atoms with Gasteiger partial charge >= 0.3 is 0 Å². The summed E-state index contributed by atoms with van der Waals surface area (Å²) < 4.78 is 0.